The number of aliphatic carboxylic acids is 1. The van der Waals surface area contributed by atoms with Crippen molar-refractivity contribution in [3.05, 3.63) is 155 Å². The lowest BCUT2D eigenvalue weighted by Crippen LogP contribution is -2.66. The summed E-state index contributed by atoms with van der Waals surface area (Å²) in [5.41, 5.74) is 12.4. The third-order valence-corrected chi connectivity index (χ3v) is 20.5. The summed E-state index contributed by atoms with van der Waals surface area (Å²) in [4.78, 5) is 231. The number of aromatic amines is 2. The van der Waals surface area contributed by atoms with Gasteiger partial charge < -0.3 is 116 Å². The number of carbonyl (C=O) groups is 16. The lowest BCUT2D eigenvalue weighted by Gasteiger charge is -2.33. The van der Waals surface area contributed by atoms with Crippen LogP contribution in [-0.2, 0) is 120 Å². The molecule has 122 heavy (non-hydrogen) atoms. The van der Waals surface area contributed by atoms with E-state index in [1.807, 2.05) is 0 Å². The predicted octanol–water partition coefficient (Wildman–Crippen LogP) is -3.87. The molecule has 0 fully saturated rings. The molecule has 2 aromatic heterocycles. The van der Waals surface area contributed by atoms with Gasteiger partial charge in [0.2, 0.25) is 88.6 Å². The lowest BCUT2D eigenvalue weighted by atomic mass is 9.92. The average molecular weight is 1730 g/mol. The smallest absolute Gasteiger partial charge is 0.305 e. The van der Waals surface area contributed by atoms with Crippen LogP contribution >= 0.6 is 25.3 Å². The van der Waals surface area contributed by atoms with E-state index >= 15 is 9.59 Å². The highest BCUT2D eigenvalue weighted by molar-refractivity contribution is 7.80. The van der Waals surface area contributed by atoms with Gasteiger partial charge >= 0.3 is 5.97 Å². The number of aliphatic hydroxyl groups is 1. The zero-order valence-corrected chi connectivity index (χ0v) is 69.6. The van der Waals surface area contributed by atoms with Crippen molar-refractivity contribution in [3.63, 3.8) is 0 Å². The fraction of sp³-hybridized carbons (Fsp3) is 0.444. The number of hydrogen-bond donors (Lipinski definition) is 23. The van der Waals surface area contributed by atoms with E-state index in [0.29, 0.717) is 58.1 Å². The van der Waals surface area contributed by atoms with Crippen molar-refractivity contribution >= 4 is 131 Å². The molecule has 0 unspecified atom stereocenters. The fourth-order valence-electron chi connectivity index (χ4n) is 13.2. The highest BCUT2D eigenvalue weighted by Gasteiger charge is 2.48. The summed E-state index contributed by atoms with van der Waals surface area (Å²) in [5, 5.41) is 67.9. The van der Waals surface area contributed by atoms with Gasteiger partial charge in [-0.2, -0.15) is 25.3 Å². The Kier molecular flexibility index (Phi) is 37.6. The predicted molar refractivity (Wildman–Crippen MR) is 449 cm³/mol. The van der Waals surface area contributed by atoms with E-state index < -0.39 is 204 Å². The Hall–Kier alpha value is -12.5. The number of aromatic nitrogens is 3. The number of nitrogens with zero attached hydrogens (tertiary/aromatic N) is 1. The number of para-hydroxylation sites is 1. The zero-order chi connectivity index (χ0) is 89.3. The number of H-pyrrole nitrogens is 2. The molecule has 1 aliphatic rings. The molecule has 2 heterocycles. The highest BCUT2D eigenvalue weighted by atomic mass is 32.1. The molecule has 7 rings (SSSR count). The molecular formula is C81H107N19O20S2. The molecular weight excluding hydrogens is 1620 g/mol. The molecule has 0 saturated heterocycles. The van der Waals surface area contributed by atoms with Crippen LogP contribution in [0.4, 0.5) is 0 Å². The first-order valence-electron chi connectivity index (χ1n) is 39.4. The van der Waals surface area contributed by atoms with Gasteiger partial charge in [-0.05, 0) is 91.6 Å². The molecule has 0 spiro atoms. The number of thiol groups is 2. The molecule has 41 heteroatoms. The molecule has 39 nitrogen and oxygen atoms in total. The van der Waals surface area contributed by atoms with E-state index in [1.54, 1.807) is 98.9 Å². The van der Waals surface area contributed by atoms with Gasteiger partial charge in [-0.15, -0.1) is 0 Å². The summed E-state index contributed by atoms with van der Waals surface area (Å²) >= 11 is 8.50. The number of phenols is 1. The molecule has 4 aromatic carbocycles. The monoisotopic (exact) mass is 1730 g/mol. The molecule has 0 aliphatic heterocycles. The number of aromatic hydroxyl groups is 1. The zero-order valence-electron chi connectivity index (χ0n) is 67.9. The SMILES string of the molecule is CC(=O)N[C@@H](CS)C(=O)N[C@@H](C)C(=O)N[C@@H](CC(=O)O)C(=O)N[C@@H](Cc1c[nH]c2ccccc12)C(=O)N[C@H](C(=O)N[C@@H](CS)C(=O)N[C@@H](Cc1ccc(O)cc1)C(=O)NC1(C(=O)N[C@@H](Cc2cnc[nH]2)C(=O)N[C@H](C(=O)N[C@@H](Cc2ccccc2)C(=O)NCC(=O)NCCOCC(=O)N[C@H](CCCCN)C(N)=O)[C@@H](C)O)Cc2ccccc2C1)C(C)C. The van der Waals surface area contributed by atoms with Crippen molar-refractivity contribution in [2.24, 2.45) is 17.4 Å². The van der Waals surface area contributed by atoms with Crippen LogP contribution in [0.5, 0.6) is 5.75 Å². The number of nitrogens with one attached hydrogen (secondary N) is 16. The van der Waals surface area contributed by atoms with Gasteiger partial charge in [-0.1, -0.05) is 98.8 Å². The van der Waals surface area contributed by atoms with E-state index in [1.165, 1.54) is 50.6 Å². The van der Waals surface area contributed by atoms with Crippen molar-refractivity contribution in [2.45, 2.75) is 177 Å². The second-order valence-corrected chi connectivity index (χ2v) is 30.5. The second-order valence-electron chi connectivity index (χ2n) is 29.8. The number of benzene rings is 4. The van der Waals surface area contributed by atoms with Crippen LogP contribution in [0.25, 0.3) is 10.9 Å². The summed E-state index contributed by atoms with van der Waals surface area (Å²) in [7, 11) is 0. The van der Waals surface area contributed by atoms with E-state index in [9.17, 15) is 82.4 Å². The number of hydrogen-bond acceptors (Lipinski definition) is 23. The molecule has 0 saturated carbocycles. The first kappa shape index (κ1) is 96.7. The molecule has 0 bridgehead atoms. The number of fused-ring (bicyclic) bond motifs is 2. The Morgan fingerprint density at radius 1 is 0.541 bits per heavy atom. The van der Waals surface area contributed by atoms with E-state index in [0.717, 1.165) is 6.92 Å². The highest BCUT2D eigenvalue weighted by Crippen LogP contribution is 2.32. The summed E-state index contributed by atoms with van der Waals surface area (Å²) in [6.45, 7) is 5.77. The summed E-state index contributed by atoms with van der Waals surface area (Å²) in [5.74, 6) is -16.6. The van der Waals surface area contributed by atoms with Crippen LogP contribution in [0.1, 0.15) is 93.8 Å². The minimum absolute atomic E-state index is 0.110. The van der Waals surface area contributed by atoms with Gasteiger partial charge in [0.25, 0.3) is 0 Å². The third kappa shape index (κ3) is 29.8. The molecule has 658 valence electrons. The summed E-state index contributed by atoms with van der Waals surface area (Å²) < 4.78 is 5.34. The number of imidazole rings is 1. The van der Waals surface area contributed by atoms with Crippen molar-refractivity contribution < 1.29 is 96.8 Å². The number of aliphatic hydroxyl groups excluding tert-OH is 1. The number of ether oxygens (including phenoxy) is 1. The van der Waals surface area contributed by atoms with Crippen LogP contribution in [0, 0.1) is 5.92 Å². The Morgan fingerprint density at radius 2 is 1.08 bits per heavy atom. The molecule has 12 atom stereocenters. The topological polar surface area (TPSA) is 608 Å². The number of carboxylic acids is 1. The first-order valence-corrected chi connectivity index (χ1v) is 40.6. The number of primary amides is 1. The standard InChI is InChI=1S/C81H107N19O20S2/c1-43(2)67(98-73(112)59(31-51-36-86-55-20-12-11-19-54(51)55)94-72(111)61(33-66(106)107)92-70(109)44(3)89-75(114)62(40-121)90-46(5)102)78(117)96-63(41-122)76(115)93-58(30-48-22-24-53(103)25-23-48)77(116)100-81(34-49-17-9-10-18-50(49)35-81)80(119)97-60(32-52-37-84-42-88-52)74(113)99-68(45(4)101)79(118)95-57(29-47-15-7-6-8-16-47)71(110)87-38-64(104)85-27-28-120-39-65(105)91-56(69(83)108)21-13-14-26-82/h6-12,15-20,22-25,36-37,42-45,56-63,67-68,86,101,103,121-122H,13-14,21,26-35,38-41,82H2,1-5H3,(H2,83,108)(H,84,88)(H,85,104)(H,87,110)(H,89,114)(H,90,102)(H,91,105)(H,92,109)(H,93,115)(H,94,111)(H,95,118)(H,96,117)(H,97,119)(H,98,112)(H,99,113)(H,100,116)(H,106,107)/t44-,45+,56+,57-,58-,59-,60-,61-,62-,63-,67-,68-/m0/s1. The van der Waals surface area contributed by atoms with E-state index in [-0.39, 0.29) is 75.3 Å². The molecule has 1 aliphatic carbocycles. The van der Waals surface area contributed by atoms with Gasteiger partial charge in [-0.3, -0.25) is 76.7 Å². The molecule has 15 amide bonds. The lowest BCUT2D eigenvalue weighted by molar-refractivity contribution is -0.141. The quantitative estimate of drug-likeness (QED) is 0.0128. The van der Waals surface area contributed by atoms with Crippen molar-refractivity contribution in [3.8, 4) is 5.75 Å². The largest absolute Gasteiger partial charge is 0.508 e. The number of unbranched alkanes of at least 4 members (excludes halogenated alkanes) is 1. The Bertz CT molecular complexity index is 4630. The number of nitrogens with two attached hydrogens (primary N) is 2. The van der Waals surface area contributed by atoms with Gasteiger partial charge in [0, 0.05) is 92.5 Å². The molecule has 23 N–H and O–H groups in total. The Balaban J connectivity index is 1.08. The van der Waals surface area contributed by atoms with Crippen LogP contribution in [0.2, 0.25) is 0 Å². The van der Waals surface area contributed by atoms with Gasteiger partial charge in [0.05, 0.1) is 32.0 Å². The van der Waals surface area contributed by atoms with Crippen LogP contribution < -0.4 is 85.9 Å². The summed E-state index contributed by atoms with van der Waals surface area (Å²) in [6.07, 6.45) is 1.44. The molecule has 6 aromatic rings. The van der Waals surface area contributed by atoms with Crippen molar-refractivity contribution in [1.82, 2.24) is 89.4 Å². The Labute approximate surface area is 713 Å². The number of carbonyl (C=O) groups excluding carboxylic acids is 15. The van der Waals surface area contributed by atoms with Gasteiger partial charge in [-0.25, -0.2) is 4.98 Å². The average Bonchev–Trinajstić information content (AvgIpc) is 1.58. The molecule has 0 radical (unpaired) electrons. The number of amides is 15. The van der Waals surface area contributed by atoms with Crippen molar-refractivity contribution in [1.29, 1.82) is 0 Å². The van der Waals surface area contributed by atoms with E-state index in [2.05, 4.69) is 115 Å². The number of phenolic OH excluding ortho intramolecular Hbond substituents is 1. The van der Waals surface area contributed by atoms with E-state index in [4.69, 9.17) is 16.2 Å². The number of rotatable bonds is 49. The second kappa shape index (κ2) is 47.5. The minimum atomic E-state index is -1.99. The van der Waals surface area contributed by atoms with Crippen molar-refractivity contribution in [2.75, 3.05) is 44.4 Å². The number of carboxylic acid groups (broad SMARTS) is 1. The van der Waals surface area contributed by atoms with Gasteiger partial charge in [0.15, 0.2) is 0 Å². The normalized spacial score (nSPS) is 14.9. The summed E-state index contributed by atoms with van der Waals surface area (Å²) in [6, 6.07) is 11.1. The minimum Gasteiger partial charge on any atom is -0.508 e. The third-order valence-electron chi connectivity index (χ3n) is 19.8. The van der Waals surface area contributed by atoms with Crippen LogP contribution in [-0.4, -0.2) is 247 Å². The fourth-order valence-corrected chi connectivity index (χ4v) is 13.7. The maximum atomic E-state index is 15.6. The Morgan fingerprint density at radius 3 is 1.68 bits per heavy atom. The van der Waals surface area contributed by atoms with Crippen LogP contribution in [0.15, 0.2) is 122 Å². The first-order chi connectivity index (χ1) is 58.1. The maximum absolute atomic E-state index is 15.6. The van der Waals surface area contributed by atoms with Gasteiger partial charge in [0.1, 0.15) is 84.4 Å². The van der Waals surface area contributed by atoms with Crippen LogP contribution in [0.3, 0.4) is 0 Å². The maximum Gasteiger partial charge on any atom is 0.305 e.